The summed E-state index contributed by atoms with van der Waals surface area (Å²) < 4.78 is 51.0. The van der Waals surface area contributed by atoms with E-state index in [2.05, 4.69) is 25.9 Å². The van der Waals surface area contributed by atoms with E-state index in [-0.39, 0.29) is 26.2 Å². The van der Waals surface area contributed by atoms with Crippen molar-refractivity contribution in [3.05, 3.63) is 16.9 Å². The van der Waals surface area contributed by atoms with Gasteiger partial charge in [-0.3, -0.25) is 4.79 Å². The van der Waals surface area contributed by atoms with Crippen LogP contribution in [0.3, 0.4) is 0 Å². The number of carbonyl (C=O) groups is 1. The van der Waals surface area contributed by atoms with E-state index < -0.39 is 18.3 Å². The molecular weight excluding hydrogens is 360 g/mol. The van der Waals surface area contributed by atoms with Crippen molar-refractivity contribution in [3.8, 4) is 0 Å². The summed E-state index contributed by atoms with van der Waals surface area (Å²) in [7, 11) is 0. The van der Waals surface area contributed by atoms with Crippen molar-refractivity contribution >= 4 is 27.8 Å². The van der Waals surface area contributed by atoms with Crippen LogP contribution in [0.4, 0.5) is 23.5 Å². The number of nitrogens with zero attached hydrogens (tertiary/aromatic N) is 4. The van der Waals surface area contributed by atoms with Gasteiger partial charge in [-0.2, -0.15) is 8.78 Å². The SMILES string of the molecule is O=C(N1CCN(c2ncc(Br)cn2)CC1)C(F)(F)C(F)F. The fraction of sp³-hybridized carbons (Fsp3) is 0.545. The smallest absolute Gasteiger partial charge is 0.337 e. The van der Waals surface area contributed by atoms with Crippen LogP contribution in [0.15, 0.2) is 16.9 Å². The molecule has 2 rings (SSSR count). The molecule has 10 heteroatoms. The van der Waals surface area contributed by atoms with Gasteiger partial charge < -0.3 is 9.80 Å². The summed E-state index contributed by atoms with van der Waals surface area (Å²) in [5.41, 5.74) is 0. The molecule has 116 valence electrons. The lowest BCUT2D eigenvalue weighted by atomic mass is 10.2. The zero-order valence-electron chi connectivity index (χ0n) is 10.6. The molecule has 0 unspecified atom stereocenters. The highest BCUT2D eigenvalue weighted by Gasteiger charge is 2.51. The van der Waals surface area contributed by atoms with Gasteiger partial charge in [-0.15, -0.1) is 0 Å². The molecule has 0 radical (unpaired) electrons. The number of rotatable bonds is 3. The molecule has 1 aliphatic heterocycles. The minimum Gasteiger partial charge on any atom is -0.337 e. The quantitative estimate of drug-likeness (QED) is 0.761. The number of hydrogen-bond donors (Lipinski definition) is 0. The fourth-order valence-electron chi connectivity index (χ4n) is 1.88. The first-order valence-corrected chi connectivity index (χ1v) is 6.79. The maximum atomic E-state index is 13.0. The summed E-state index contributed by atoms with van der Waals surface area (Å²) in [5.74, 6) is -6.09. The van der Waals surface area contributed by atoms with Gasteiger partial charge in [0.15, 0.2) is 0 Å². The van der Waals surface area contributed by atoms with E-state index in [1.165, 1.54) is 12.4 Å². The molecule has 1 fully saturated rings. The Bertz CT molecular complexity index is 505. The van der Waals surface area contributed by atoms with Gasteiger partial charge in [0.05, 0.1) is 4.47 Å². The number of hydrogen-bond acceptors (Lipinski definition) is 4. The Hall–Kier alpha value is -1.45. The first-order valence-electron chi connectivity index (χ1n) is 6.00. The largest absolute Gasteiger partial charge is 0.383 e. The molecule has 0 saturated carbocycles. The Labute approximate surface area is 126 Å². The monoisotopic (exact) mass is 370 g/mol. The van der Waals surface area contributed by atoms with Crippen molar-refractivity contribution in [1.29, 1.82) is 0 Å². The van der Waals surface area contributed by atoms with E-state index >= 15 is 0 Å². The van der Waals surface area contributed by atoms with Gasteiger partial charge >= 0.3 is 12.3 Å². The number of anilines is 1. The van der Waals surface area contributed by atoms with E-state index in [1.807, 2.05) is 0 Å². The van der Waals surface area contributed by atoms with Crippen molar-refractivity contribution in [2.75, 3.05) is 31.1 Å². The molecule has 1 saturated heterocycles. The summed E-state index contributed by atoms with van der Waals surface area (Å²) >= 11 is 3.18. The lowest BCUT2D eigenvalue weighted by Gasteiger charge is -2.35. The zero-order chi connectivity index (χ0) is 15.6. The van der Waals surface area contributed by atoms with Crippen molar-refractivity contribution in [3.63, 3.8) is 0 Å². The minimum absolute atomic E-state index is 0.0828. The van der Waals surface area contributed by atoms with Gasteiger partial charge in [-0.25, -0.2) is 18.7 Å². The number of amides is 1. The highest BCUT2D eigenvalue weighted by molar-refractivity contribution is 9.10. The normalized spacial score (nSPS) is 16.5. The second-order valence-corrected chi connectivity index (χ2v) is 5.32. The van der Waals surface area contributed by atoms with E-state index in [4.69, 9.17) is 0 Å². The maximum Gasteiger partial charge on any atom is 0.383 e. The molecule has 1 aromatic heterocycles. The number of halogens is 5. The summed E-state index contributed by atoms with van der Waals surface area (Å²) in [5, 5.41) is 0. The molecule has 0 aromatic carbocycles. The Morgan fingerprint density at radius 1 is 1.19 bits per heavy atom. The minimum atomic E-state index is -4.64. The van der Waals surface area contributed by atoms with Crippen LogP contribution in [0.5, 0.6) is 0 Å². The van der Waals surface area contributed by atoms with Crippen LogP contribution >= 0.6 is 15.9 Å². The Balaban J connectivity index is 1.97. The van der Waals surface area contributed by atoms with Crippen molar-refractivity contribution in [1.82, 2.24) is 14.9 Å². The van der Waals surface area contributed by atoms with Gasteiger partial charge in [0, 0.05) is 38.6 Å². The molecule has 0 N–H and O–H groups in total. The third kappa shape index (κ3) is 3.42. The van der Waals surface area contributed by atoms with E-state index in [0.717, 1.165) is 4.90 Å². The summed E-state index contributed by atoms with van der Waals surface area (Å²) in [6.45, 7) is 0.237. The fourth-order valence-corrected chi connectivity index (χ4v) is 2.09. The third-order valence-corrected chi connectivity index (χ3v) is 3.43. The summed E-state index contributed by atoms with van der Waals surface area (Å²) in [4.78, 5) is 21.9. The molecule has 0 aliphatic carbocycles. The van der Waals surface area contributed by atoms with Crippen molar-refractivity contribution in [2.45, 2.75) is 12.3 Å². The topological polar surface area (TPSA) is 49.3 Å². The second-order valence-electron chi connectivity index (χ2n) is 4.40. The number of alkyl halides is 4. The predicted octanol–water partition coefficient (Wildman–Crippen LogP) is 1.79. The summed E-state index contributed by atoms with van der Waals surface area (Å²) in [6, 6.07) is 0. The molecule has 1 amide bonds. The molecule has 0 bridgehead atoms. The highest BCUT2D eigenvalue weighted by Crippen LogP contribution is 2.26. The van der Waals surface area contributed by atoms with Crippen LogP contribution in [0, 0.1) is 0 Å². The molecular formula is C11H11BrF4N4O. The van der Waals surface area contributed by atoms with Crippen LogP contribution < -0.4 is 4.90 Å². The average Bonchev–Trinajstić information content (AvgIpc) is 2.47. The molecule has 1 aromatic rings. The lowest BCUT2D eigenvalue weighted by Crippen LogP contribution is -2.55. The Morgan fingerprint density at radius 3 is 2.19 bits per heavy atom. The van der Waals surface area contributed by atoms with Gasteiger partial charge in [-0.05, 0) is 15.9 Å². The molecule has 21 heavy (non-hydrogen) atoms. The third-order valence-electron chi connectivity index (χ3n) is 3.02. The molecule has 0 spiro atoms. The summed E-state index contributed by atoms with van der Waals surface area (Å²) in [6.07, 6.45) is -0.937. The lowest BCUT2D eigenvalue weighted by molar-refractivity contribution is -0.180. The average molecular weight is 371 g/mol. The number of carbonyl (C=O) groups excluding carboxylic acids is 1. The van der Waals surface area contributed by atoms with Gasteiger partial charge in [-0.1, -0.05) is 0 Å². The van der Waals surface area contributed by atoms with Crippen LogP contribution in [0.1, 0.15) is 0 Å². The Kier molecular flexibility index (Phi) is 4.64. The number of aromatic nitrogens is 2. The molecule has 1 aliphatic rings. The highest BCUT2D eigenvalue weighted by atomic mass is 79.9. The van der Waals surface area contributed by atoms with Crippen LogP contribution in [-0.2, 0) is 4.79 Å². The molecule has 2 heterocycles. The molecule has 5 nitrogen and oxygen atoms in total. The van der Waals surface area contributed by atoms with Gasteiger partial charge in [0.1, 0.15) is 0 Å². The van der Waals surface area contributed by atoms with Crippen LogP contribution in [-0.4, -0.2) is 59.3 Å². The number of piperazine rings is 1. The van der Waals surface area contributed by atoms with E-state index in [1.54, 1.807) is 4.90 Å². The zero-order valence-corrected chi connectivity index (χ0v) is 12.2. The van der Waals surface area contributed by atoms with Crippen LogP contribution in [0.25, 0.3) is 0 Å². The van der Waals surface area contributed by atoms with Crippen LogP contribution in [0.2, 0.25) is 0 Å². The van der Waals surface area contributed by atoms with E-state index in [0.29, 0.717) is 10.4 Å². The van der Waals surface area contributed by atoms with Gasteiger partial charge in [0.2, 0.25) is 5.95 Å². The first kappa shape index (κ1) is 15.9. The standard InChI is InChI=1S/C11H11BrF4N4O/c12-7-5-17-10(18-6-7)20-3-1-19(2-4-20)9(21)11(15,16)8(13)14/h5-6,8H,1-4H2. The van der Waals surface area contributed by atoms with E-state index in [9.17, 15) is 22.4 Å². The van der Waals surface area contributed by atoms with Gasteiger partial charge in [0.25, 0.3) is 5.91 Å². The second kappa shape index (κ2) is 6.12. The predicted molar refractivity (Wildman–Crippen MR) is 69.5 cm³/mol. The maximum absolute atomic E-state index is 13.0. The molecule has 0 atom stereocenters. The first-order chi connectivity index (χ1) is 9.82. The Morgan fingerprint density at radius 2 is 1.71 bits per heavy atom. The van der Waals surface area contributed by atoms with Crippen molar-refractivity contribution < 1.29 is 22.4 Å². The van der Waals surface area contributed by atoms with Crippen molar-refractivity contribution in [2.24, 2.45) is 0 Å².